The van der Waals surface area contributed by atoms with Crippen LogP contribution in [0, 0.1) is 0 Å². The number of allylic oxidation sites excluding steroid dienone is 1. The normalized spacial score (nSPS) is 12.0. The first-order valence-electron chi connectivity index (χ1n) is 3.18. The number of hydrogen-bond acceptors (Lipinski definition) is 1. The van der Waals surface area contributed by atoms with Crippen LogP contribution < -0.4 is 5.73 Å². The summed E-state index contributed by atoms with van der Waals surface area (Å²) in [6, 6.07) is 0. The molecule has 0 amide bonds. The second kappa shape index (κ2) is 4.69. The highest BCUT2D eigenvalue weighted by molar-refractivity contribution is 4.93. The maximum absolute atomic E-state index is 5.25. The Morgan fingerprint density at radius 3 is 2.62 bits per heavy atom. The summed E-state index contributed by atoms with van der Waals surface area (Å²) >= 11 is 0. The van der Waals surface area contributed by atoms with E-state index in [1.54, 1.807) is 6.20 Å². The highest BCUT2D eigenvalue weighted by atomic mass is 14.5. The molecule has 48 valence electrons. The molecule has 8 heavy (non-hydrogen) atoms. The van der Waals surface area contributed by atoms with Crippen molar-refractivity contribution in [3.8, 4) is 0 Å². The standard InChI is InChI=1S/C7H15N/c1-3-4-5-7(2)6-8/h6H,3-5,8H2,1-2H3/b7-6+. The molecule has 0 atom stereocenters. The van der Waals surface area contributed by atoms with Crippen LogP contribution in [0.1, 0.15) is 33.1 Å². The van der Waals surface area contributed by atoms with Gasteiger partial charge in [0.25, 0.3) is 0 Å². The predicted molar refractivity (Wildman–Crippen MR) is 37.5 cm³/mol. The van der Waals surface area contributed by atoms with Crippen LogP contribution in [0.25, 0.3) is 0 Å². The summed E-state index contributed by atoms with van der Waals surface area (Å²) in [7, 11) is 0. The summed E-state index contributed by atoms with van der Waals surface area (Å²) in [6.07, 6.45) is 5.37. The molecule has 0 fully saturated rings. The van der Waals surface area contributed by atoms with Gasteiger partial charge in [-0.2, -0.15) is 0 Å². The summed E-state index contributed by atoms with van der Waals surface area (Å²) < 4.78 is 0. The third kappa shape index (κ3) is 3.72. The molecule has 0 saturated carbocycles. The Hall–Kier alpha value is -0.460. The molecule has 0 aromatic rings. The largest absolute Gasteiger partial charge is 0.405 e. The second-order valence-electron chi connectivity index (χ2n) is 2.12. The molecular formula is C7H15N. The van der Waals surface area contributed by atoms with Crippen LogP contribution in [0.2, 0.25) is 0 Å². The molecule has 0 unspecified atom stereocenters. The Labute approximate surface area is 51.6 Å². The van der Waals surface area contributed by atoms with Crippen molar-refractivity contribution in [2.24, 2.45) is 5.73 Å². The molecule has 0 heterocycles. The van der Waals surface area contributed by atoms with E-state index in [2.05, 4.69) is 13.8 Å². The molecule has 1 heteroatoms. The monoisotopic (exact) mass is 113 g/mol. The zero-order valence-electron chi connectivity index (χ0n) is 5.78. The van der Waals surface area contributed by atoms with Crippen molar-refractivity contribution in [2.75, 3.05) is 0 Å². The van der Waals surface area contributed by atoms with Crippen molar-refractivity contribution < 1.29 is 0 Å². The quantitative estimate of drug-likeness (QED) is 0.595. The molecule has 0 spiro atoms. The van der Waals surface area contributed by atoms with Gasteiger partial charge < -0.3 is 5.73 Å². The summed E-state index contributed by atoms with van der Waals surface area (Å²) in [5.41, 5.74) is 6.55. The lowest BCUT2D eigenvalue weighted by Gasteiger charge is -1.94. The highest BCUT2D eigenvalue weighted by Crippen LogP contribution is 2.02. The van der Waals surface area contributed by atoms with Gasteiger partial charge >= 0.3 is 0 Å². The van der Waals surface area contributed by atoms with Gasteiger partial charge in [0.05, 0.1) is 0 Å². The lowest BCUT2D eigenvalue weighted by atomic mass is 10.1. The molecule has 0 radical (unpaired) electrons. The lowest BCUT2D eigenvalue weighted by molar-refractivity contribution is 0.785. The second-order valence-corrected chi connectivity index (χ2v) is 2.12. The highest BCUT2D eigenvalue weighted by Gasteiger charge is 1.84. The van der Waals surface area contributed by atoms with Crippen LogP contribution in [-0.4, -0.2) is 0 Å². The van der Waals surface area contributed by atoms with Crippen molar-refractivity contribution in [2.45, 2.75) is 33.1 Å². The van der Waals surface area contributed by atoms with Crippen molar-refractivity contribution in [1.82, 2.24) is 0 Å². The van der Waals surface area contributed by atoms with Crippen molar-refractivity contribution in [1.29, 1.82) is 0 Å². The summed E-state index contributed by atoms with van der Waals surface area (Å²) in [5.74, 6) is 0. The van der Waals surface area contributed by atoms with E-state index in [-0.39, 0.29) is 0 Å². The van der Waals surface area contributed by atoms with E-state index in [0.717, 1.165) is 6.42 Å². The van der Waals surface area contributed by atoms with Crippen molar-refractivity contribution in [3.05, 3.63) is 11.8 Å². The maximum Gasteiger partial charge on any atom is -0.00733 e. The molecule has 0 bridgehead atoms. The Bertz CT molecular complexity index is 74.5. The van der Waals surface area contributed by atoms with Gasteiger partial charge in [-0.05, 0) is 26.0 Å². The van der Waals surface area contributed by atoms with Gasteiger partial charge in [-0.25, -0.2) is 0 Å². The van der Waals surface area contributed by atoms with Crippen LogP contribution in [-0.2, 0) is 0 Å². The molecule has 0 aliphatic rings. The first-order chi connectivity index (χ1) is 3.81. The zero-order valence-corrected chi connectivity index (χ0v) is 5.78. The maximum atomic E-state index is 5.25. The summed E-state index contributed by atoms with van der Waals surface area (Å²) in [6.45, 7) is 4.25. The van der Waals surface area contributed by atoms with Gasteiger partial charge in [-0.1, -0.05) is 18.9 Å². The smallest absolute Gasteiger partial charge is 0.00733 e. The van der Waals surface area contributed by atoms with Crippen molar-refractivity contribution >= 4 is 0 Å². The molecule has 0 aliphatic heterocycles. The molecule has 0 aliphatic carbocycles. The topological polar surface area (TPSA) is 26.0 Å². The van der Waals surface area contributed by atoms with E-state index < -0.39 is 0 Å². The van der Waals surface area contributed by atoms with Crippen LogP contribution in [0.3, 0.4) is 0 Å². The fourth-order valence-corrected chi connectivity index (χ4v) is 0.539. The Balaban J connectivity index is 3.12. The Morgan fingerprint density at radius 1 is 1.62 bits per heavy atom. The molecule has 0 saturated heterocycles. The first-order valence-corrected chi connectivity index (χ1v) is 3.18. The fourth-order valence-electron chi connectivity index (χ4n) is 0.539. The number of rotatable bonds is 3. The average molecular weight is 113 g/mol. The minimum atomic E-state index is 1.16. The van der Waals surface area contributed by atoms with E-state index in [4.69, 9.17) is 5.73 Å². The molecular weight excluding hydrogens is 98.1 g/mol. The number of nitrogens with two attached hydrogens (primary N) is 1. The van der Waals surface area contributed by atoms with E-state index in [9.17, 15) is 0 Å². The van der Waals surface area contributed by atoms with Gasteiger partial charge in [-0.3, -0.25) is 0 Å². The minimum absolute atomic E-state index is 1.16. The first kappa shape index (κ1) is 7.54. The van der Waals surface area contributed by atoms with E-state index in [1.165, 1.54) is 18.4 Å². The van der Waals surface area contributed by atoms with Gasteiger partial charge in [-0.15, -0.1) is 0 Å². The summed E-state index contributed by atoms with van der Waals surface area (Å²) in [4.78, 5) is 0. The van der Waals surface area contributed by atoms with Gasteiger partial charge in [0.15, 0.2) is 0 Å². The number of hydrogen-bond donors (Lipinski definition) is 1. The zero-order chi connectivity index (χ0) is 6.41. The predicted octanol–water partition coefficient (Wildman–Crippen LogP) is 2.04. The molecule has 0 aromatic carbocycles. The fraction of sp³-hybridized carbons (Fsp3) is 0.714. The van der Waals surface area contributed by atoms with Crippen LogP contribution in [0.15, 0.2) is 11.8 Å². The average Bonchev–Trinajstić information content (AvgIpc) is 1.83. The number of unbranched alkanes of at least 4 members (excludes halogenated alkanes) is 1. The summed E-state index contributed by atoms with van der Waals surface area (Å²) in [5, 5.41) is 0. The third-order valence-electron chi connectivity index (χ3n) is 1.21. The Morgan fingerprint density at radius 2 is 2.25 bits per heavy atom. The van der Waals surface area contributed by atoms with Gasteiger partial charge in [0, 0.05) is 0 Å². The SMILES string of the molecule is CCCC/C(C)=C/N. The Kier molecular flexibility index (Phi) is 4.42. The van der Waals surface area contributed by atoms with E-state index in [1.807, 2.05) is 0 Å². The van der Waals surface area contributed by atoms with Gasteiger partial charge in [0.1, 0.15) is 0 Å². The lowest BCUT2D eigenvalue weighted by Crippen LogP contribution is -1.83. The van der Waals surface area contributed by atoms with Crippen LogP contribution in [0.5, 0.6) is 0 Å². The molecule has 1 nitrogen and oxygen atoms in total. The van der Waals surface area contributed by atoms with Crippen LogP contribution >= 0.6 is 0 Å². The van der Waals surface area contributed by atoms with Crippen molar-refractivity contribution in [3.63, 3.8) is 0 Å². The molecule has 2 N–H and O–H groups in total. The third-order valence-corrected chi connectivity index (χ3v) is 1.21. The van der Waals surface area contributed by atoms with Crippen LogP contribution in [0.4, 0.5) is 0 Å². The van der Waals surface area contributed by atoms with E-state index in [0.29, 0.717) is 0 Å². The van der Waals surface area contributed by atoms with Gasteiger partial charge in [0.2, 0.25) is 0 Å². The van der Waals surface area contributed by atoms with E-state index >= 15 is 0 Å². The minimum Gasteiger partial charge on any atom is -0.405 e. The molecule has 0 rings (SSSR count). The molecule has 0 aromatic heterocycles.